The third-order valence-electron chi connectivity index (χ3n) is 2.48. The molecular formula is C11H15N3O. The Labute approximate surface area is 89.3 Å². The lowest BCUT2D eigenvalue weighted by atomic mass is 10.2. The summed E-state index contributed by atoms with van der Waals surface area (Å²) in [5.74, 6) is 0.105. The highest BCUT2D eigenvalue weighted by atomic mass is 16.2. The lowest BCUT2D eigenvalue weighted by Crippen LogP contribution is -2.47. The Morgan fingerprint density at radius 2 is 2.40 bits per heavy atom. The lowest BCUT2D eigenvalue weighted by molar-refractivity contribution is -0.124. The largest absolute Gasteiger partial charge is 0.354 e. The van der Waals surface area contributed by atoms with E-state index in [1.54, 1.807) is 0 Å². The smallest absolute Gasteiger partial charge is 0.234 e. The fraction of sp³-hybridized carbons (Fsp3) is 0.455. The number of nitrogens with one attached hydrogen (secondary N) is 1. The van der Waals surface area contributed by atoms with Crippen LogP contribution in [0.5, 0.6) is 0 Å². The van der Waals surface area contributed by atoms with Crippen molar-refractivity contribution in [2.45, 2.75) is 13.5 Å². The third kappa shape index (κ3) is 2.76. The van der Waals surface area contributed by atoms with Crippen molar-refractivity contribution >= 4 is 5.91 Å². The van der Waals surface area contributed by atoms with Gasteiger partial charge in [-0.2, -0.15) is 0 Å². The molecule has 0 saturated carbocycles. The molecule has 4 heteroatoms. The van der Waals surface area contributed by atoms with E-state index >= 15 is 0 Å². The minimum absolute atomic E-state index is 0.105. The van der Waals surface area contributed by atoms with Crippen molar-refractivity contribution < 1.29 is 4.79 Å². The molecule has 0 radical (unpaired) electrons. The summed E-state index contributed by atoms with van der Waals surface area (Å²) in [5.41, 5.74) is 2.19. The Kier molecular flexibility index (Phi) is 2.97. The van der Waals surface area contributed by atoms with Crippen LogP contribution < -0.4 is 5.32 Å². The highest BCUT2D eigenvalue weighted by molar-refractivity contribution is 5.78. The van der Waals surface area contributed by atoms with Crippen molar-refractivity contribution in [2.75, 3.05) is 19.6 Å². The molecule has 0 aromatic carbocycles. The van der Waals surface area contributed by atoms with Gasteiger partial charge in [0.1, 0.15) is 0 Å². The van der Waals surface area contributed by atoms with Crippen LogP contribution in [0, 0.1) is 6.92 Å². The van der Waals surface area contributed by atoms with Crippen LogP contribution in [-0.2, 0) is 11.3 Å². The number of piperazine rings is 1. The van der Waals surface area contributed by atoms with Crippen molar-refractivity contribution in [3.8, 4) is 0 Å². The van der Waals surface area contributed by atoms with Gasteiger partial charge in [-0.1, -0.05) is 6.07 Å². The second kappa shape index (κ2) is 4.40. The molecule has 1 aromatic heterocycles. The Bertz CT molecular complexity index is 347. The maximum Gasteiger partial charge on any atom is 0.234 e. The van der Waals surface area contributed by atoms with Crippen LogP contribution in [0.15, 0.2) is 18.3 Å². The topological polar surface area (TPSA) is 45.2 Å². The van der Waals surface area contributed by atoms with E-state index in [0.717, 1.165) is 30.9 Å². The van der Waals surface area contributed by atoms with Gasteiger partial charge in [-0.05, 0) is 18.6 Å². The average Bonchev–Trinajstić information content (AvgIpc) is 2.22. The molecule has 0 spiro atoms. The summed E-state index contributed by atoms with van der Waals surface area (Å²) in [6.07, 6.45) is 1.86. The summed E-state index contributed by atoms with van der Waals surface area (Å²) in [6.45, 7) is 4.90. The van der Waals surface area contributed by atoms with Gasteiger partial charge < -0.3 is 5.32 Å². The van der Waals surface area contributed by atoms with Crippen molar-refractivity contribution in [3.05, 3.63) is 29.6 Å². The number of rotatable bonds is 2. The third-order valence-corrected chi connectivity index (χ3v) is 2.48. The number of carbonyl (C=O) groups is 1. The van der Waals surface area contributed by atoms with Gasteiger partial charge in [0.2, 0.25) is 5.91 Å². The molecule has 0 atom stereocenters. The first-order chi connectivity index (χ1) is 7.24. The fourth-order valence-electron chi connectivity index (χ4n) is 1.65. The molecular weight excluding hydrogens is 190 g/mol. The van der Waals surface area contributed by atoms with Crippen molar-refractivity contribution in [3.63, 3.8) is 0 Å². The second-order valence-electron chi connectivity index (χ2n) is 3.89. The van der Waals surface area contributed by atoms with E-state index in [4.69, 9.17) is 0 Å². The predicted molar refractivity (Wildman–Crippen MR) is 57.3 cm³/mol. The maximum atomic E-state index is 11.1. The molecule has 1 saturated heterocycles. The van der Waals surface area contributed by atoms with E-state index in [1.807, 2.05) is 25.3 Å². The first-order valence-corrected chi connectivity index (χ1v) is 5.14. The lowest BCUT2D eigenvalue weighted by Gasteiger charge is -2.25. The molecule has 1 N–H and O–H groups in total. The quantitative estimate of drug-likeness (QED) is 0.756. The van der Waals surface area contributed by atoms with Crippen LogP contribution in [0.25, 0.3) is 0 Å². The zero-order valence-corrected chi connectivity index (χ0v) is 8.86. The maximum absolute atomic E-state index is 11.1. The SMILES string of the molecule is Cc1ccc(CN2CCNC(=O)C2)nc1. The summed E-state index contributed by atoms with van der Waals surface area (Å²) in [5, 5.41) is 2.81. The number of pyridine rings is 1. The highest BCUT2D eigenvalue weighted by Crippen LogP contribution is 2.04. The molecule has 0 bridgehead atoms. The van der Waals surface area contributed by atoms with Crippen LogP contribution >= 0.6 is 0 Å². The normalized spacial score (nSPS) is 17.5. The average molecular weight is 205 g/mol. The van der Waals surface area contributed by atoms with Gasteiger partial charge in [0.05, 0.1) is 12.2 Å². The van der Waals surface area contributed by atoms with Crippen LogP contribution in [0.4, 0.5) is 0 Å². The van der Waals surface area contributed by atoms with E-state index < -0.39 is 0 Å². The molecule has 4 nitrogen and oxygen atoms in total. The summed E-state index contributed by atoms with van der Waals surface area (Å²) in [6, 6.07) is 4.06. The summed E-state index contributed by atoms with van der Waals surface area (Å²) in [4.78, 5) is 17.6. The Balaban J connectivity index is 1.96. The molecule has 1 fully saturated rings. The Morgan fingerprint density at radius 3 is 3.07 bits per heavy atom. The van der Waals surface area contributed by atoms with Gasteiger partial charge in [0, 0.05) is 25.8 Å². The molecule has 1 aromatic rings. The van der Waals surface area contributed by atoms with Crippen molar-refractivity contribution in [1.82, 2.24) is 15.2 Å². The number of carbonyl (C=O) groups excluding carboxylic acids is 1. The van der Waals surface area contributed by atoms with E-state index in [1.165, 1.54) is 0 Å². The van der Waals surface area contributed by atoms with Gasteiger partial charge in [-0.3, -0.25) is 14.7 Å². The van der Waals surface area contributed by atoms with E-state index in [2.05, 4.69) is 15.2 Å². The van der Waals surface area contributed by atoms with E-state index in [0.29, 0.717) is 6.54 Å². The standard InChI is InChI=1S/C11H15N3O/c1-9-2-3-10(13-6-9)7-14-5-4-12-11(15)8-14/h2-3,6H,4-5,7-8H2,1H3,(H,12,15). The summed E-state index contributed by atoms with van der Waals surface area (Å²) in [7, 11) is 0. The molecule has 15 heavy (non-hydrogen) atoms. The first-order valence-electron chi connectivity index (χ1n) is 5.14. The second-order valence-corrected chi connectivity index (χ2v) is 3.89. The van der Waals surface area contributed by atoms with Crippen molar-refractivity contribution in [1.29, 1.82) is 0 Å². The van der Waals surface area contributed by atoms with Crippen LogP contribution in [-0.4, -0.2) is 35.4 Å². The van der Waals surface area contributed by atoms with Crippen molar-refractivity contribution in [2.24, 2.45) is 0 Å². The minimum Gasteiger partial charge on any atom is -0.354 e. The number of hydrogen-bond donors (Lipinski definition) is 1. The molecule has 1 amide bonds. The van der Waals surface area contributed by atoms with Crippen LogP contribution in [0.1, 0.15) is 11.3 Å². The molecule has 1 aliphatic rings. The van der Waals surface area contributed by atoms with Gasteiger partial charge in [-0.15, -0.1) is 0 Å². The van der Waals surface area contributed by atoms with E-state index in [9.17, 15) is 4.79 Å². The molecule has 1 aliphatic heterocycles. The van der Waals surface area contributed by atoms with E-state index in [-0.39, 0.29) is 5.91 Å². The minimum atomic E-state index is 0.105. The van der Waals surface area contributed by atoms with Gasteiger partial charge >= 0.3 is 0 Å². The monoisotopic (exact) mass is 205 g/mol. The van der Waals surface area contributed by atoms with Crippen LogP contribution in [0.2, 0.25) is 0 Å². The number of nitrogens with zero attached hydrogens (tertiary/aromatic N) is 2. The summed E-state index contributed by atoms with van der Waals surface area (Å²) >= 11 is 0. The zero-order valence-electron chi connectivity index (χ0n) is 8.86. The fourth-order valence-corrected chi connectivity index (χ4v) is 1.65. The van der Waals surface area contributed by atoms with Crippen LogP contribution in [0.3, 0.4) is 0 Å². The van der Waals surface area contributed by atoms with Gasteiger partial charge in [0.25, 0.3) is 0 Å². The Morgan fingerprint density at radius 1 is 1.53 bits per heavy atom. The molecule has 2 rings (SSSR count). The number of hydrogen-bond acceptors (Lipinski definition) is 3. The number of aryl methyl sites for hydroxylation is 1. The molecule has 80 valence electrons. The molecule has 0 unspecified atom stereocenters. The Hall–Kier alpha value is -1.42. The zero-order chi connectivity index (χ0) is 10.7. The number of amides is 1. The molecule has 0 aliphatic carbocycles. The number of aromatic nitrogens is 1. The van der Waals surface area contributed by atoms with Gasteiger partial charge in [-0.25, -0.2) is 0 Å². The van der Waals surface area contributed by atoms with Gasteiger partial charge in [0.15, 0.2) is 0 Å². The molecule has 2 heterocycles. The summed E-state index contributed by atoms with van der Waals surface area (Å²) < 4.78 is 0. The first kappa shape index (κ1) is 10.1. The predicted octanol–water partition coefficient (Wildman–Crippen LogP) is 0.322. The highest BCUT2D eigenvalue weighted by Gasteiger charge is 2.16.